The van der Waals surface area contributed by atoms with Crippen LogP contribution in [-0.4, -0.2) is 12.6 Å². The second-order valence-corrected chi connectivity index (χ2v) is 5.71. The average molecular weight is 245 g/mol. The van der Waals surface area contributed by atoms with Crippen LogP contribution < -0.4 is 5.32 Å². The SMILES string of the molecule is CCNC(Cc1ccc2c(c1)CCC2)C(C)CC. The third-order valence-corrected chi connectivity index (χ3v) is 4.42. The largest absolute Gasteiger partial charge is 0.314 e. The lowest BCUT2D eigenvalue weighted by atomic mass is 9.92. The van der Waals surface area contributed by atoms with E-state index >= 15 is 0 Å². The minimum atomic E-state index is 0.624. The summed E-state index contributed by atoms with van der Waals surface area (Å²) in [5.41, 5.74) is 4.70. The third kappa shape index (κ3) is 3.14. The van der Waals surface area contributed by atoms with E-state index < -0.39 is 0 Å². The Kier molecular flexibility index (Phi) is 4.82. The molecule has 0 saturated carbocycles. The number of aryl methyl sites for hydroxylation is 2. The quantitative estimate of drug-likeness (QED) is 0.805. The Labute approximate surface area is 112 Å². The summed E-state index contributed by atoms with van der Waals surface area (Å²) in [6.45, 7) is 7.93. The molecule has 18 heavy (non-hydrogen) atoms. The smallest absolute Gasteiger partial charge is 0.0133 e. The predicted octanol–water partition coefficient (Wildman–Crippen LogP) is 3.74. The maximum Gasteiger partial charge on any atom is 0.0133 e. The van der Waals surface area contributed by atoms with E-state index in [4.69, 9.17) is 0 Å². The summed E-state index contributed by atoms with van der Waals surface area (Å²) >= 11 is 0. The highest BCUT2D eigenvalue weighted by atomic mass is 14.9. The van der Waals surface area contributed by atoms with E-state index in [0.29, 0.717) is 6.04 Å². The number of nitrogens with one attached hydrogen (secondary N) is 1. The van der Waals surface area contributed by atoms with Crippen LogP contribution in [0.5, 0.6) is 0 Å². The minimum absolute atomic E-state index is 0.624. The van der Waals surface area contributed by atoms with Gasteiger partial charge in [0.2, 0.25) is 0 Å². The molecule has 0 aliphatic heterocycles. The van der Waals surface area contributed by atoms with Gasteiger partial charge in [0, 0.05) is 6.04 Å². The van der Waals surface area contributed by atoms with Gasteiger partial charge in [0.15, 0.2) is 0 Å². The Morgan fingerprint density at radius 1 is 1.17 bits per heavy atom. The molecule has 0 spiro atoms. The molecule has 1 aliphatic rings. The Bertz CT molecular complexity index is 383. The molecule has 1 aromatic carbocycles. The van der Waals surface area contributed by atoms with Gasteiger partial charge in [-0.2, -0.15) is 0 Å². The van der Waals surface area contributed by atoms with Crippen LogP contribution in [0.3, 0.4) is 0 Å². The second-order valence-electron chi connectivity index (χ2n) is 5.71. The molecule has 2 rings (SSSR count). The van der Waals surface area contributed by atoms with Crippen LogP contribution in [0.1, 0.15) is 50.3 Å². The van der Waals surface area contributed by atoms with E-state index in [0.717, 1.165) is 12.5 Å². The summed E-state index contributed by atoms with van der Waals surface area (Å²) in [4.78, 5) is 0. The number of likely N-dealkylation sites (N-methyl/N-ethyl adjacent to an activating group) is 1. The van der Waals surface area contributed by atoms with Crippen molar-refractivity contribution in [2.45, 2.75) is 58.9 Å². The molecule has 1 aliphatic carbocycles. The lowest BCUT2D eigenvalue weighted by molar-refractivity contribution is 0.371. The fourth-order valence-corrected chi connectivity index (χ4v) is 3.03. The van der Waals surface area contributed by atoms with Crippen molar-refractivity contribution in [3.8, 4) is 0 Å². The van der Waals surface area contributed by atoms with Gasteiger partial charge in [0.05, 0.1) is 0 Å². The number of benzene rings is 1. The lowest BCUT2D eigenvalue weighted by Gasteiger charge is -2.24. The lowest BCUT2D eigenvalue weighted by Crippen LogP contribution is -2.36. The molecular weight excluding hydrogens is 218 g/mol. The summed E-state index contributed by atoms with van der Waals surface area (Å²) in [6, 6.07) is 7.78. The monoisotopic (exact) mass is 245 g/mol. The van der Waals surface area contributed by atoms with E-state index in [1.165, 1.54) is 37.7 Å². The summed E-state index contributed by atoms with van der Waals surface area (Å²) in [5.74, 6) is 0.748. The molecule has 1 nitrogen and oxygen atoms in total. The highest BCUT2D eigenvalue weighted by molar-refractivity contribution is 5.35. The van der Waals surface area contributed by atoms with Crippen molar-refractivity contribution >= 4 is 0 Å². The average Bonchev–Trinajstić information content (AvgIpc) is 2.84. The van der Waals surface area contributed by atoms with Crippen LogP contribution in [0.25, 0.3) is 0 Å². The fourth-order valence-electron chi connectivity index (χ4n) is 3.03. The predicted molar refractivity (Wildman–Crippen MR) is 79.1 cm³/mol. The number of fused-ring (bicyclic) bond motifs is 1. The van der Waals surface area contributed by atoms with Crippen LogP contribution in [0, 0.1) is 5.92 Å². The van der Waals surface area contributed by atoms with Crippen LogP contribution in [0.4, 0.5) is 0 Å². The first-order valence-corrected chi connectivity index (χ1v) is 7.58. The molecule has 1 N–H and O–H groups in total. The Morgan fingerprint density at radius 3 is 2.67 bits per heavy atom. The summed E-state index contributed by atoms with van der Waals surface area (Å²) in [6.07, 6.45) is 6.36. The van der Waals surface area contributed by atoms with Crippen molar-refractivity contribution in [1.29, 1.82) is 0 Å². The highest BCUT2D eigenvalue weighted by Gasteiger charge is 2.17. The van der Waals surface area contributed by atoms with Crippen LogP contribution >= 0.6 is 0 Å². The maximum absolute atomic E-state index is 3.65. The van der Waals surface area contributed by atoms with Gasteiger partial charge in [-0.3, -0.25) is 0 Å². The van der Waals surface area contributed by atoms with E-state index in [1.807, 2.05) is 0 Å². The number of rotatable bonds is 6. The molecule has 0 radical (unpaired) electrons. The molecule has 0 saturated heterocycles. The van der Waals surface area contributed by atoms with Crippen LogP contribution in [0.2, 0.25) is 0 Å². The molecular formula is C17H27N. The molecule has 0 fully saturated rings. The van der Waals surface area contributed by atoms with Gasteiger partial charge in [-0.25, -0.2) is 0 Å². The van der Waals surface area contributed by atoms with Gasteiger partial charge in [0.1, 0.15) is 0 Å². The number of hydrogen-bond donors (Lipinski definition) is 1. The molecule has 0 amide bonds. The molecule has 1 aromatic rings. The normalized spacial score (nSPS) is 17.5. The van der Waals surface area contributed by atoms with Gasteiger partial charge in [-0.15, -0.1) is 0 Å². The molecule has 0 bridgehead atoms. The number of hydrogen-bond acceptors (Lipinski definition) is 1. The van der Waals surface area contributed by atoms with Crippen molar-refractivity contribution in [2.75, 3.05) is 6.54 Å². The maximum atomic E-state index is 3.65. The topological polar surface area (TPSA) is 12.0 Å². The molecule has 2 unspecified atom stereocenters. The Morgan fingerprint density at radius 2 is 1.94 bits per heavy atom. The Hall–Kier alpha value is -0.820. The van der Waals surface area contributed by atoms with Gasteiger partial charge in [0.25, 0.3) is 0 Å². The van der Waals surface area contributed by atoms with Crippen molar-refractivity contribution in [3.63, 3.8) is 0 Å². The summed E-state index contributed by atoms with van der Waals surface area (Å²) in [5, 5.41) is 3.65. The van der Waals surface area contributed by atoms with Crippen molar-refractivity contribution in [1.82, 2.24) is 5.32 Å². The van der Waals surface area contributed by atoms with E-state index in [9.17, 15) is 0 Å². The fraction of sp³-hybridized carbons (Fsp3) is 0.647. The van der Waals surface area contributed by atoms with E-state index in [1.54, 1.807) is 11.1 Å². The first-order valence-electron chi connectivity index (χ1n) is 7.58. The zero-order chi connectivity index (χ0) is 13.0. The molecule has 2 atom stereocenters. The van der Waals surface area contributed by atoms with Gasteiger partial charge in [-0.05, 0) is 54.8 Å². The Balaban J connectivity index is 2.06. The summed E-state index contributed by atoms with van der Waals surface area (Å²) in [7, 11) is 0. The van der Waals surface area contributed by atoms with Crippen molar-refractivity contribution in [2.24, 2.45) is 5.92 Å². The highest BCUT2D eigenvalue weighted by Crippen LogP contribution is 2.24. The minimum Gasteiger partial charge on any atom is -0.314 e. The summed E-state index contributed by atoms with van der Waals surface area (Å²) < 4.78 is 0. The first kappa shape index (κ1) is 13.6. The third-order valence-electron chi connectivity index (χ3n) is 4.42. The standard InChI is InChI=1S/C17H27N/c1-4-13(3)17(18-5-2)12-14-9-10-15-7-6-8-16(15)11-14/h9-11,13,17-18H,4-8,12H2,1-3H3. The molecule has 0 heterocycles. The molecule has 100 valence electrons. The molecule has 0 aromatic heterocycles. The van der Waals surface area contributed by atoms with E-state index in [-0.39, 0.29) is 0 Å². The zero-order valence-electron chi connectivity index (χ0n) is 12.1. The van der Waals surface area contributed by atoms with E-state index in [2.05, 4.69) is 44.3 Å². The molecule has 1 heteroatoms. The van der Waals surface area contributed by atoms with Crippen LogP contribution in [0.15, 0.2) is 18.2 Å². The van der Waals surface area contributed by atoms with Gasteiger partial charge in [-0.1, -0.05) is 45.4 Å². The van der Waals surface area contributed by atoms with Crippen LogP contribution in [-0.2, 0) is 19.3 Å². The van der Waals surface area contributed by atoms with Crippen molar-refractivity contribution < 1.29 is 0 Å². The van der Waals surface area contributed by atoms with Gasteiger partial charge >= 0.3 is 0 Å². The first-order chi connectivity index (χ1) is 8.74. The van der Waals surface area contributed by atoms with Gasteiger partial charge < -0.3 is 5.32 Å². The zero-order valence-corrected chi connectivity index (χ0v) is 12.1. The second kappa shape index (κ2) is 6.38. The van der Waals surface area contributed by atoms with Crippen molar-refractivity contribution in [3.05, 3.63) is 34.9 Å².